The molecule has 3 rings (SSSR count). The average molecular weight is 383 g/mol. The standard InChI is InChI=1S/3C7H9N.BH3O3/c3*8-6-7-4-2-1-3-5-7;2-1(3)4/h3*1-5H,6,8H2;2-4H. The fourth-order valence-corrected chi connectivity index (χ4v) is 1.84. The smallest absolute Gasteiger partial charge is 0.402 e. The Kier molecular flexibility index (Phi) is 16.3. The molecule has 0 fully saturated rings. The first kappa shape index (κ1) is 25.5. The Balaban J connectivity index is 0.000000358. The molecule has 0 unspecified atom stereocenters. The number of hydrogen-bond donors (Lipinski definition) is 6. The molecular formula is C21H30BN3O3. The first-order valence-corrected chi connectivity index (χ1v) is 8.79. The zero-order valence-electron chi connectivity index (χ0n) is 15.9. The maximum absolute atomic E-state index is 7.17. The Bertz CT molecular complexity index is 590. The second-order valence-electron chi connectivity index (χ2n) is 5.42. The Hall–Kier alpha value is -2.52. The van der Waals surface area contributed by atoms with E-state index in [2.05, 4.69) is 0 Å². The maximum Gasteiger partial charge on any atom is 0.631 e. The van der Waals surface area contributed by atoms with Crippen LogP contribution in [0, 0.1) is 0 Å². The zero-order valence-corrected chi connectivity index (χ0v) is 15.9. The lowest BCUT2D eigenvalue weighted by Crippen LogP contribution is -2.07. The van der Waals surface area contributed by atoms with Crippen LogP contribution in [-0.2, 0) is 19.6 Å². The minimum atomic E-state index is -2.17. The van der Waals surface area contributed by atoms with Gasteiger partial charge in [-0.15, -0.1) is 0 Å². The molecule has 7 heteroatoms. The van der Waals surface area contributed by atoms with Crippen molar-refractivity contribution >= 4 is 7.32 Å². The third kappa shape index (κ3) is 15.7. The number of nitrogens with two attached hydrogens (primary N) is 3. The van der Waals surface area contributed by atoms with Gasteiger partial charge in [-0.1, -0.05) is 91.0 Å². The molecule has 0 spiro atoms. The summed E-state index contributed by atoms with van der Waals surface area (Å²) in [5.74, 6) is 0. The van der Waals surface area contributed by atoms with Crippen LogP contribution in [0.15, 0.2) is 91.0 Å². The summed E-state index contributed by atoms with van der Waals surface area (Å²) < 4.78 is 0. The maximum atomic E-state index is 7.17. The van der Waals surface area contributed by atoms with Crippen molar-refractivity contribution in [3.05, 3.63) is 108 Å². The van der Waals surface area contributed by atoms with Crippen molar-refractivity contribution in [3.8, 4) is 0 Å². The van der Waals surface area contributed by atoms with Gasteiger partial charge in [0.2, 0.25) is 0 Å². The van der Waals surface area contributed by atoms with Crippen molar-refractivity contribution in [1.29, 1.82) is 0 Å². The minimum absolute atomic E-state index is 0.640. The van der Waals surface area contributed by atoms with Crippen molar-refractivity contribution in [2.45, 2.75) is 19.6 Å². The summed E-state index contributed by atoms with van der Waals surface area (Å²) in [6.07, 6.45) is 0. The number of hydrogen-bond acceptors (Lipinski definition) is 6. The molecule has 0 aliphatic carbocycles. The van der Waals surface area contributed by atoms with Crippen molar-refractivity contribution in [1.82, 2.24) is 0 Å². The lowest BCUT2D eigenvalue weighted by atomic mass is 10.2. The highest BCUT2D eigenvalue weighted by molar-refractivity contribution is 6.30. The molecule has 0 amide bonds. The van der Waals surface area contributed by atoms with Crippen LogP contribution in [0.1, 0.15) is 16.7 Å². The van der Waals surface area contributed by atoms with E-state index in [9.17, 15) is 0 Å². The molecule has 0 aliphatic rings. The summed E-state index contributed by atoms with van der Waals surface area (Å²) in [4.78, 5) is 0. The third-order valence-corrected chi connectivity index (χ3v) is 3.24. The van der Waals surface area contributed by atoms with Gasteiger partial charge in [-0.25, -0.2) is 0 Å². The Labute approximate surface area is 167 Å². The highest BCUT2D eigenvalue weighted by Crippen LogP contribution is 1.95. The van der Waals surface area contributed by atoms with Gasteiger partial charge in [0.05, 0.1) is 0 Å². The van der Waals surface area contributed by atoms with Crippen LogP contribution in [0.3, 0.4) is 0 Å². The van der Waals surface area contributed by atoms with Gasteiger partial charge in [0.1, 0.15) is 0 Å². The summed E-state index contributed by atoms with van der Waals surface area (Å²) >= 11 is 0. The molecule has 0 radical (unpaired) electrons. The van der Waals surface area contributed by atoms with Crippen molar-refractivity contribution in [3.63, 3.8) is 0 Å². The van der Waals surface area contributed by atoms with Crippen molar-refractivity contribution < 1.29 is 15.1 Å². The molecule has 0 atom stereocenters. The summed E-state index contributed by atoms with van der Waals surface area (Å²) in [6, 6.07) is 30.0. The minimum Gasteiger partial charge on any atom is -0.402 e. The quantitative estimate of drug-likeness (QED) is 0.378. The van der Waals surface area contributed by atoms with Gasteiger partial charge in [0.25, 0.3) is 0 Å². The predicted molar refractivity (Wildman–Crippen MR) is 115 cm³/mol. The van der Waals surface area contributed by atoms with E-state index in [0.717, 1.165) is 0 Å². The molecular weight excluding hydrogens is 353 g/mol. The predicted octanol–water partition coefficient (Wildman–Crippen LogP) is 1.38. The average Bonchev–Trinajstić information content (AvgIpc) is 2.76. The highest BCUT2D eigenvalue weighted by atomic mass is 16.5. The first-order valence-electron chi connectivity index (χ1n) is 8.79. The van der Waals surface area contributed by atoms with Crippen LogP contribution < -0.4 is 17.2 Å². The second-order valence-corrected chi connectivity index (χ2v) is 5.42. The Morgan fingerprint density at radius 1 is 0.464 bits per heavy atom. The molecule has 0 aromatic heterocycles. The lowest BCUT2D eigenvalue weighted by Gasteiger charge is -1.90. The van der Waals surface area contributed by atoms with E-state index in [1.54, 1.807) is 0 Å². The van der Waals surface area contributed by atoms with Crippen molar-refractivity contribution in [2.24, 2.45) is 17.2 Å². The molecule has 9 N–H and O–H groups in total. The van der Waals surface area contributed by atoms with Gasteiger partial charge >= 0.3 is 7.32 Å². The summed E-state index contributed by atoms with van der Waals surface area (Å²) in [5, 5.41) is 21.5. The molecule has 3 aromatic rings. The summed E-state index contributed by atoms with van der Waals surface area (Å²) in [6.45, 7) is 1.92. The normalized spacial score (nSPS) is 8.79. The van der Waals surface area contributed by atoms with E-state index < -0.39 is 7.32 Å². The van der Waals surface area contributed by atoms with E-state index >= 15 is 0 Å². The zero-order chi connectivity index (χ0) is 21.0. The highest BCUT2D eigenvalue weighted by Gasteiger charge is 1.92. The molecule has 28 heavy (non-hydrogen) atoms. The largest absolute Gasteiger partial charge is 0.631 e. The van der Waals surface area contributed by atoms with Gasteiger partial charge in [-0.05, 0) is 16.7 Å². The fourth-order valence-electron chi connectivity index (χ4n) is 1.84. The van der Waals surface area contributed by atoms with Crippen LogP contribution in [0.2, 0.25) is 0 Å². The van der Waals surface area contributed by atoms with Gasteiger partial charge in [0.15, 0.2) is 0 Å². The van der Waals surface area contributed by atoms with Crippen LogP contribution >= 0.6 is 0 Å². The molecule has 150 valence electrons. The van der Waals surface area contributed by atoms with Crippen molar-refractivity contribution in [2.75, 3.05) is 0 Å². The van der Waals surface area contributed by atoms with Crippen LogP contribution in [0.5, 0.6) is 0 Å². The van der Waals surface area contributed by atoms with E-state index in [1.165, 1.54) is 16.7 Å². The lowest BCUT2D eigenvalue weighted by molar-refractivity contribution is 0.278. The van der Waals surface area contributed by atoms with Gasteiger partial charge < -0.3 is 32.3 Å². The van der Waals surface area contributed by atoms with E-state index in [-0.39, 0.29) is 0 Å². The summed E-state index contributed by atoms with van der Waals surface area (Å²) in [5.41, 5.74) is 19.6. The molecule has 3 aromatic carbocycles. The van der Waals surface area contributed by atoms with E-state index in [0.29, 0.717) is 19.6 Å². The molecule has 0 heterocycles. The van der Waals surface area contributed by atoms with Crippen LogP contribution in [0.4, 0.5) is 0 Å². The second kappa shape index (κ2) is 17.9. The monoisotopic (exact) mass is 383 g/mol. The van der Waals surface area contributed by atoms with Crippen LogP contribution in [0.25, 0.3) is 0 Å². The molecule has 0 bridgehead atoms. The molecule has 6 nitrogen and oxygen atoms in total. The summed E-state index contributed by atoms with van der Waals surface area (Å²) in [7, 11) is -2.17. The van der Waals surface area contributed by atoms with E-state index in [1.807, 2.05) is 91.0 Å². The van der Waals surface area contributed by atoms with Gasteiger partial charge in [0, 0.05) is 19.6 Å². The van der Waals surface area contributed by atoms with E-state index in [4.69, 9.17) is 32.3 Å². The fraction of sp³-hybridized carbons (Fsp3) is 0.143. The Morgan fingerprint density at radius 3 is 0.750 bits per heavy atom. The molecule has 0 saturated carbocycles. The molecule has 0 saturated heterocycles. The van der Waals surface area contributed by atoms with Gasteiger partial charge in [-0.3, -0.25) is 0 Å². The SMILES string of the molecule is NCc1ccccc1.NCc1ccccc1.NCc1ccccc1.OB(O)O. The number of benzene rings is 3. The number of rotatable bonds is 3. The topological polar surface area (TPSA) is 139 Å². The van der Waals surface area contributed by atoms with Gasteiger partial charge in [-0.2, -0.15) is 0 Å². The first-order chi connectivity index (χ1) is 13.5. The third-order valence-electron chi connectivity index (χ3n) is 3.24. The van der Waals surface area contributed by atoms with Crippen LogP contribution in [-0.4, -0.2) is 22.4 Å². The molecule has 0 aliphatic heterocycles. The Morgan fingerprint density at radius 2 is 0.643 bits per heavy atom.